The lowest BCUT2D eigenvalue weighted by Crippen LogP contribution is -2.08. The summed E-state index contributed by atoms with van der Waals surface area (Å²) in [6.07, 6.45) is 0.857. The van der Waals surface area contributed by atoms with Crippen LogP contribution in [0.3, 0.4) is 0 Å². The summed E-state index contributed by atoms with van der Waals surface area (Å²) in [5.74, 6) is 0.828. The fourth-order valence-corrected chi connectivity index (χ4v) is 2.83. The van der Waals surface area contributed by atoms with Gasteiger partial charge in [-0.05, 0) is 66.9 Å². The largest absolute Gasteiger partial charge is 0.487 e. The number of carbonyl (C=O) groups excluding carboxylic acids is 1. The highest BCUT2D eigenvalue weighted by molar-refractivity contribution is 9.10. The first-order valence-electron chi connectivity index (χ1n) is 6.88. The van der Waals surface area contributed by atoms with Gasteiger partial charge in [-0.3, -0.25) is 9.48 Å². The first kappa shape index (κ1) is 15.8. The molecule has 0 saturated heterocycles. The lowest BCUT2D eigenvalue weighted by molar-refractivity contribution is 0.112. The molecule has 0 radical (unpaired) electrons. The zero-order chi connectivity index (χ0) is 15.6. The molecule has 0 amide bonds. The fourth-order valence-electron chi connectivity index (χ4n) is 2.43. The molecule has 0 bridgehead atoms. The molecular formula is C16H19BrN2O2. The van der Waals surface area contributed by atoms with Crippen molar-refractivity contribution >= 4 is 22.2 Å². The molecule has 1 heterocycles. The van der Waals surface area contributed by atoms with Gasteiger partial charge in [-0.25, -0.2) is 0 Å². The van der Waals surface area contributed by atoms with Gasteiger partial charge in [-0.15, -0.1) is 0 Å². The minimum absolute atomic E-state index is 0.442. The van der Waals surface area contributed by atoms with E-state index in [9.17, 15) is 4.79 Å². The number of rotatable bonds is 5. The Bertz CT molecular complexity index is 654. The predicted molar refractivity (Wildman–Crippen MR) is 86.0 cm³/mol. The molecule has 21 heavy (non-hydrogen) atoms. The molecule has 0 saturated carbocycles. The van der Waals surface area contributed by atoms with Gasteiger partial charge in [0.05, 0.1) is 15.9 Å². The maximum atomic E-state index is 10.9. The lowest BCUT2D eigenvalue weighted by Gasteiger charge is -2.13. The Hall–Kier alpha value is -1.62. The van der Waals surface area contributed by atoms with Crippen LogP contribution in [-0.4, -0.2) is 16.1 Å². The van der Waals surface area contributed by atoms with E-state index in [0.717, 1.165) is 45.6 Å². The van der Waals surface area contributed by atoms with E-state index in [4.69, 9.17) is 4.74 Å². The van der Waals surface area contributed by atoms with E-state index >= 15 is 0 Å². The summed E-state index contributed by atoms with van der Waals surface area (Å²) in [5, 5.41) is 4.46. The minimum Gasteiger partial charge on any atom is -0.487 e. The summed E-state index contributed by atoms with van der Waals surface area (Å²) in [6, 6.07) is 3.68. The number of aromatic nitrogens is 2. The molecule has 2 aromatic rings. The molecule has 5 heteroatoms. The predicted octanol–water partition coefficient (Wildman–Crippen LogP) is 3.98. The van der Waals surface area contributed by atoms with Crippen LogP contribution in [-0.2, 0) is 13.2 Å². The van der Waals surface area contributed by atoms with E-state index in [2.05, 4.69) is 28.0 Å². The number of aldehydes is 1. The number of hydrogen-bond acceptors (Lipinski definition) is 3. The van der Waals surface area contributed by atoms with Gasteiger partial charge in [0.1, 0.15) is 18.6 Å². The number of aryl methyl sites for hydroxylation is 4. The smallest absolute Gasteiger partial charge is 0.150 e. The molecule has 0 N–H and O–H groups in total. The van der Waals surface area contributed by atoms with Gasteiger partial charge in [0.25, 0.3) is 0 Å². The van der Waals surface area contributed by atoms with E-state index in [1.807, 2.05) is 37.6 Å². The van der Waals surface area contributed by atoms with Crippen LogP contribution in [0, 0.1) is 20.8 Å². The molecule has 0 spiro atoms. The van der Waals surface area contributed by atoms with Gasteiger partial charge in [-0.1, -0.05) is 0 Å². The summed E-state index contributed by atoms with van der Waals surface area (Å²) in [6.45, 7) is 9.16. The number of hydrogen-bond donors (Lipinski definition) is 0. The summed E-state index contributed by atoms with van der Waals surface area (Å²) < 4.78 is 8.91. The third-order valence-corrected chi connectivity index (χ3v) is 4.46. The van der Waals surface area contributed by atoms with Gasteiger partial charge < -0.3 is 4.74 Å². The molecule has 0 fully saturated rings. The third kappa shape index (κ3) is 3.18. The quantitative estimate of drug-likeness (QED) is 0.766. The topological polar surface area (TPSA) is 44.1 Å². The highest BCUT2D eigenvalue weighted by Crippen LogP contribution is 2.27. The van der Waals surface area contributed by atoms with Crippen molar-refractivity contribution in [2.75, 3.05) is 0 Å². The van der Waals surface area contributed by atoms with E-state index in [-0.39, 0.29) is 0 Å². The van der Waals surface area contributed by atoms with E-state index in [1.54, 1.807) is 0 Å². The summed E-state index contributed by atoms with van der Waals surface area (Å²) in [4.78, 5) is 10.9. The molecule has 1 aromatic heterocycles. The Kier molecular flexibility index (Phi) is 4.83. The Morgan fingerprint density at radius 1 is 1.29 bits per heavy atom. The van der Waals surface area contributed by atoms with E-state index < -0.39 is 0 Å². The van der Waals surface area contributed by atoms with Crippen LogP contribution < -0.4 is 4.74 Å². The lowest BCUT2D eigenvalue weighted by atomic mass is 10.1. The van der Waals surface area contributed by atoms with Crippen molar-refractivity contribution in [1.29, 1.82) is 0 Å². The van der Waals surface area contributed by atoms with Crippen molar-refractivity contribution in [3.8, 4) is 5.75 Å². The van der Waals surface area contributed by atoms with Crippen LogP contribution in [0.4, 0.5) is 0 Å². The molecule has 1 aromatic carbocycles. The molecule has 0 atom stereocenters. The molecule has 2 rings (SSSR count). The van der Waals surface area contributed by atoms with Crippen LogP contribution in [0.5, 0.6) is 5.75 Å². The first-order valence-corrected chi connectivity index (χ1v) is 7.68. The van der Waals surface area contributed by atoms with E-state index in [1.165, 1.54) is 0 Å². The van der Waals surface area contributed by atoms with Crippen molar-refractivity contribution in [2.45, 2.75) is 40.8 Å². The maximum Gasteiger partial charge on any atom is 0.150 e. The average molecular weight is 351 g/mol. The zero-order valence-electron chi connectivity index (χ0n) is 12.7. The highest BCUT2D eigenvalue weighted by Gasteiger charge is 2.14. The van der Waals surface area contributed by atoms with Gasteiger partial charge in [0.2, 0.25) is 0 Å². The first-order chi connectivity index (χ1) is 9.97. The van der Waals surface area contributed by atoms with Crippen molar-refractivity contribution in [3.05, 3.63) is 44.7 Å². The number of benzene rings is 1. The third-order valence-electron chi connectivity index (χ3n) is 3.42. The van der Waals surface area contributed by atoms with Crippen LogP contribution in [0.15, 0.2) is 16.6 Å². The average Bonchev–Trinajstić information content (AvgIpc) is 2.73. The summed E-state index contributed by atoms with van der Waals surface area (Å²) >= 11 is 3.57. The molecular weight excluding hydrogens is 332 g/mol. The maximum absolute atomic E-state index is 10.9. The van der Waals surface area contributed by atoms with Crippen LogP contribution in [0.1, 0.15) is 39.8 Å². The second kappa shape index (κ2) is 6.43. The Morgan fingerprint density at radius 2 is 1.90 bits per heavy atom. The summed E-state index contributed by atoms with van der Waals surface area (Å²) in [5.41, 5.74) is 4.58. The molecule has 112 valence electrons. The van der Waals surface area contributed by atoms with Gasteiger partial charge in [0.15, 0.2) is 0 Å². The highest BCUT2D eigenvalue weighted by atomic mass is 79.9. The van der Waals surface area contributed by atoms with Crippen LogP contribution >= 0.6 is 15.9 Å². The van der Waals surface area contributed by atoms with Crippen molar-refractivity contribution < 1.29 is 9.53 Å². The zero-order valence-corrected chi connectivity index (χ0v) is 14.3. The molecule has 4 nitrogen and oxygen atoms in total. The monoisotopic (exact) mass is 350 g/mol. The number of carbonyl (C=O) groups is 1. The van der Waals surface area contributed by atoms with Crippen molar-refractivity contribution in [3.63, 3.8) is 0 Å². The SMILES string of the molecule is CCn1nc(C)c(Br)c1COc1c(C)cc(C=O)cc1C. The summed E-state index contributed by atoms with van der Waals surface area (Å²) in [7, 11) is 0. The Balaban J connectivity index is 2.27. The van der Waals surface area contributed by atoms with Gasteiger partial charge in [0, 0.05) is 12.1 Å². The van der Waals surface area contributed by atoms with Crippen LogP contribution in [0.25, 0.3) is 0 Å². The van der Waals surface area contributed by atoms with Crippen LogP contribution in [0.2, 0.25) is 0 Å². The molecule has 0 aliphatic carbocycles. The molecule has 0 aliphatic heterocycles. The second-order valence-corrected chi connectivity index (χ2v) is 5.85. The fraction of sp³-hybridized carbons (Fsp3) is 0.375. The molecule has 0 unspecified atom stereocenters. The number of nitrogens with zero attached hydrogens (tertiary/aromatic N) is 2. The standard InChI is InChI=1S/C16H19BrN2O2/c1-5-19-14(15(17)12(4)18-19)9-21-16-10(2)6-13(8-20)7-11(16)3/h6-8H,5,9H2,1-4H3. The second-order valence-electron chi connectivity index (χ2n) is 5.05. The van der Waals surface area contributed by atoms with Gasteiger partial charge in [-0.2, -0.15) is 5.10 Å². The normalized spacial score (nSPS) is 10.7. The molecule has 0 aliphatic rings. The Labute approximate surface area is 133 Å². The minimum atomic E-state index is 0.442. The number of halogens is 1. The van der Waals surface area contributed by atoms with Gasteiger partial charge >= 0.3 is 0 Å². The van der Waals surface area contributed by atoms with E-state index in [0.29, 0.717) is 12.2 Å². The Morgan fingerprint density at radius 3 is 2.43 bits per heavy atom. The van der Waals surface area contributed by atoms with Crippen molar-refractivity contribution in [2.24, 2.45) is 0 Å². The number of ether oxygens (including phenoxy) is 1. The van der Waals surface area contributed by atoms with Crippen molar-refractivity contribution in [1.82, 2.24) is 9.78 Å².